The van der Waals surface area contributed by atoms with Crippen molar-refractivity contribution in [1.29, 1.82) is 5.26 Å². The summed E-state index contributed by atoms with van der Waals surface area (Å²) in [6.07, 6.45) is 1.81. The van der Waals surface area contributed by atoms with E-state index in [4.69, 9.17) is 21.1 Å². The van der Waals surface area contributed by atoms with Gasteiger partial charge in [0.1, 0.15) is 18.1 Å². The van der Waals surface area contributed by atoms with Crippen LogP contribution in [0.1, 0.15) is 16.7 Å². The van der Waals surface area contributed by atoms with Gasteiger partial charge in [-0.3, -0.25) is 0 Å². The van der Waals surface area contributed by atoms with Gasteiger partial charge in [-0.25, -0.2) is 0 Å². The average molecular weight is 455 g/mol. The first kappa shape index (κ1) is 20.0. The first-order valence-corrected chi connectivity index (χ1v) is 9.70. The van der Waals surface area contributed by atoms with Crippen LogP contribution in [0.25, 0.3) is 11.6 Å². The molecule has 28 heavy (non-hydrogen) atoms. The molecule has 0 spiro atoms. The Balaban J connectivity index is 1.91. The molecular formula is C23H17BrClNO2. The molecule has 0 fully saturated rings. The lowest BCUT2D eigenvalue weighted by Crippen LogP contribution is -1.98. The second kappa shape index (κ2) is 9.45. The largest absolute Gasteiger partial charge is 0.497 e. The molecule has 0 aliphatic rings. The highest BCUT2D eigenvalue weighted by atomic mass is 79.9. The van der Waals surface area contributed by atoms with Crippen molar-refractivity contribution in [2.24, 2.45) is 0 Å². The van der Waals surface area contributed by atoms with Crippen molar-refractivity contribution in [2.45, 2.75) is 6.61 Å². The molecule has 0 N–H and O–H groups in total. The predicted molar refractivity (Wildman–Crippen MR) is 116 cm³/mol. The molecule has 140 valence electrons. The van der Waals surface area contributed by atoms with Crippen molar-refractivity contribution in [1.82, 2.24) is 0 Å². The maximum Gasteiger partial charge on any atom is 0.127 e. The number of benzene rings is 3. The molecule has 0 aliphatic heterocycles. The van der Waals surface area contributed by atoms with Gasteiger partial charge < -0.3 is 9.47 Å². The van der Waals surface area contributed by atoms with Crippen LogP contribution >= 0.6 is 27.5 Å². The van der Waals surface area contributed by atoms with Crippen molar-refractivity contribution in [3.63, 3.8) is 0 Å². The van der Waals surface area contributed by atoms with Crippen LogP contribution in [-0.2, 0) is 6.61 Å². The number of halogens is 2. The van der Waals surface area contributed by atoms with E-state index in [2.05, 4.69) is 22.0 Å². The smallest absolute Gasteiger partial charge is 0.127 e. The van der Waals surface area contributed by atoms with E-state index in [9.17, 15) is 5.26 Å². The molecule has 0 saturated carbocycles. The van der Waals surface area contributed by atoms with Gasteiger partial charge in [-0.15, -0.1) is 0 Å². The van der Waals surface area contributed by atoms with Gasteiger partial charge in [0.25, 0.3) is 0 Å². The minimum Gasteiger partial charge on any atom is -0.497 e. The zero-order chi connectivity index (χ0) is 19.9. The fourth-order valence-electron chi connectivity index (χ4n) is 2.64. The number of ether oxygens (including phenoxy) is 2. The number of rotatable bonds is 6. The topological polar surface area (TPSA) is 42.2 Å². The molecule has 3 aromatic rings. The van der Waals surface area contributed by atoms with E-state index >= 15 is 0 Å². The summed E-state index contributed by atoms with van der Waals surface area (Å²) in [5.41, 5.74) is 3.04. The first-order valence-electron chi connectivity index (χ1n) is 8.52. The Morgan fingerprint density at radius 2 is 1.86 bits per heavy atom. The first-order chi connectivity index (χ1) is 13.6. The number of hydrogen-bond donors (Lipinski definition) is 0. The summed E-state index contributed by atoms with van der Waals surface area (Å²) in [7, 11) is 1.61. The molecule has 0 bridgehead atoms. The zero-order valence-electron chi connectivity index (χ0n) is 15.2. The Hall–Kier alpha value is -2.74. The molecule has 0 radical (unpaired) electrons. The normalized spacial score (nSPS) is 11.0. The van der Waals surface area contributed by atoms with Crippen molar-refractivity contribution < 1.29 is 9.47 Å². The van der Waals surface area contributed by atoms with Gasteiger partial charge in [-0.05, 0) is 60.2 Å². The molecular weight excluding hydrogens is 438 g/mol. The quantitative estimate of drug-likeness (QED) is 0.305. The van der Waals surface area contributed by atoms with Gasteiger partial charge in [0.2, 0.25) is 0 Å². The fourth-order valence-corrected chi connectivity index (χ4v) is 3.21. The number of allylic oxidation sites excluding steroid dienone is 1. The van der Waals surface area contributed by atoms with E-state index in [0.717, 1.165) is 26.9 Å². The Kier molecular flexibility index (Phi) is 6.76. The van der Waals surface area contributed by atoms with E-state index in [1.807, 2.05) is 72.8 Å². The van der Waals surface area contributed by atoms with Gasteiger partial charge >= 0.3 is 0 Å². The Morgan fingerprint density at radius 1 is 1.11 bits per heavy atom. The molecule has 0 amide bonds. The summed E-state index contributed by atoms with van der Waals surface area (Å²) >= 11 is 9.70. The third-order valence-corrected chi connectivity index (χ3v) is 5.00. The predicted octanol–water partition coefficient (Wildman–Crippen LogP) is 6.75. The maximum absolute atomic E-state index is 9.65. The van der Waals surface area contributed by atoms with Crippen molar-refractivity contribution in [3.05, 3.63) is 92.9 Å². The fraction of sp³-hybridized carbons (Fsp3) is 0.0870. The van der Waals surface area contributed by atoms with Crippen LogP contribution < -0.4 is 9.47 Å². The molecule has 0 heterocycles. The standard InChI is InChI=1S/C23H17BrClNO2/c1-27-21-9-6-16(7-10-21)19(14-26)12-18-13-20(24)8-11-23(18)28-15-17-4-2-3-5-22(17)25/h2-13H,15H2,1H3/b19-12+. The molecule has 0 atom stereocenters. The maximum atomic E-state index is 9.65. The summed E-state index contributed by atoms with van der Waals surface area (Å²) in [6, 6.07) is 22.9. The molecule has 3 rings (SSSR count). The van der Waals surface area contributed by atoms with Crippen molar-refractivity contribution >= 4 is 39.2 Å². The lowest BCUT2D eigenvalue weighted by Gasteiger charge is -2.11. The summed E-state index contributed by atoms with van der Waals surface area (Å²) in [5, 5.41) is 10.3. The Morgan fingerprint density at radius 3 is 2.54 bits per heavy atom. The minimum absolute atomic E-state index is 0.340. The molecule has 5 heteroatoms. The van der Waals surface area contributed by atoms with E-state index in [-0.39, 0.29) is 0 Å². The van der Waals surface area contributed by atoms with Crippen molar-refractivity contribution in [2.75, 3.05) is 7.11 Å². The zero-order valence-corrected chi connectivity index (χ0v) is 17.5. The monoisotopic (exact) mass is 453 g/mol. The second-order valence-electron chi connectivity index (χ2n) is 5.96. The SMILES string of the molecule is COc1ccc(/C(C#N)=C/c2cc(Br)ccc2OCc2ccccc2Cl)cc1. The third-order valence-electron chi connectivity index (χ3n) is 4.13. The number of hydrogen-bond acceptors (Lipinski definition) is 3. The number of nitrogens with zero attached hydrogens (tertiary/aromatic N) is 1. The van der Waals surface area contributed by atoms with Crippen LogP contribution in [0, 0.1) is 11.3 Å². The summed E-state index contributed by atoms with van der Waals surface area (Å²) in [6.45, 7) is 0.340. The Bertz CT molecular complexity index is 1040. The van der Waals surface area contributed by atoms with Crippen LogP contribution in [0.2, 0.25) is 5.02 Å². The molecule has 0 aromatic heterocycles. The summed E-state index contributed by atoms with van der Waals surface area (Å²) < 4.78 is 12.1. The summed E-state index contributed by atoms with van der Waals surface area (Å²) in [5.74, 6) is 1.41. The number of methoxy groups -OCH3 is 1. The van der Waals surface area contributed by atoms with E-state index in [1.165, 1.54) is 0 Å². The highest BCUT2D eigenvalue weighted by Gasteiger charge is 2.08. The van der Waals surface area contributed by atoms with E-state index in [1.54, 1.807) is 7.11 Å². The van der Waals surface area contributed by atoms with E-state index < -0.39 is 0 Å². The van der Waals surface area contributed by atoms with Crippen LogP contribution in [0.3, 0.4) is 0 Å². The molecule has 0 saturated heterocycles. The molecule has 0 unspecified atom stereocenters. The molecule has 0 aliphatic carbocycles. The lowest BCUT2D eigenvalue weighted by molar-refractivity contribution is 0.305. The van der Waals surface area contributed by atoms with Gasteiger partial charge in [-0.2, -0.15) is 5.26 Å². The van der Waals surface area contributed by atoms with Crippen LogP contribution in [-0.4, -0.2) is 7.11 Å². The molecule has 3 aromatic carbocycles. The van der Waals surface area contributed by atoms with Crippen LogP contribution in [0.4, 0.5) is 0 Å². The van der Waals surface area contributed by atoms with Crippen molar-refractivity contribution in [3.8, 4) is 17.6 Å². The van der Waals surface area contributed by atoms with Gasteiger partial charge in [-0.1, -0.05) is 45.7 Å². The van der Waals surface area contributed by atoms with Gasteiger partial charge in [0.05, 0.1) is 18.8 Å². The Labute approximate surface area is 177 Å². The lowest BCUT2D eigenvalue weighted by atomic mass is 10.0. The highest BCUT2D eigenvalue weighted by molar-refractivity contribution is 9.10. The van der Waals surface area contributed by atoms with Gasteiger partial charge in [0.15, 0.2) is 0 Å². The molecule has 3 nitrogen and oxygen atoms in total. The van der Waals surface area contributed by atoms with Crippen LogP contribution in [0.15, 0.2) is 71.2 Å². The third kappa shape index (κ3) is 4.95. The minimum atomic E-state index is 0.340. The highest BCUT2D eigenvalue weighted by Crippen LogP contribution is 2.29. The number of nitriles is 1. The van der Waals surface area contributed by atoms with Crippen LogP contribution in [0.5, 0.6) is 11.5 Å². The summed E-state index contributed by atoms with van der Waals surface area (Å²) in [4.78, 5) is 0. The van der Waals surface area contributed by atoms with Gasteiger partial charge in [0, 0.05) is 20.6 Å². The van der Waals surface area contributed by atoms with E-state index in [0.29, 0.717) is 23.0 Å². The average Bonchev–Trinajstić information content (AvgIpc) is 2.72. The second-order valence-corrected chi connectivity index (χ2v) is 7.28.